The lowest BCUT2D eigenvalue weighted by molar-refractivity contribution is 1.31. The molecule has 2 aliphatic carbocycles. The lowest BCUT2D eigenvalue weighted by Gasteiger charge is -1.93. The molecule has 0 saturated heterocycles. The van der Waals surface area contributed by atoms with Crippen LogP contribution in [0.3, 0.4) is 0 Å². The molecular formula is C20H24. The fourth-order valence-electron chi connectivity index (χ4n) is 2.39. The quantitative estimate of drug-likeness (QED) is 0.565. The van der Waals surface area contributed by atoms with E-state index in [-0.39, 0.29) is 1.43 Å². The van der Waals surface area contributed by atoms with Gasteiger partial charge in [-0.15, -0.1) is 0 Å². The zero-order valence-corrected chi connectivity index (χ0v) is 12.3. The van der Waals surface area contributed by atoms with Gasteiger partial charge in [0.05, 0.1) is 0 Å². The maximum Gasteiger partial charge on any atom is 0 e. The zero-order valence-electron chi connectivity index (χ0n) is 12.3. The van der Waals surface area contributed by atoms with Crippen molar-refractivity contribution in [3.05, 3.63) is 82.9 Å². The van der Waals surface area contributed by atoms with E-state index in [9.17, 15) is 0 Å². The van der Waals surface area contributed by atoms with E-state index in [1.807, 2.05) is 13.8 Å². The van der Waals surface area contributed by atoms with E-state index in [2.05, 4.69) is 72.8 Å². The van der Waals surface area contributed by atoms with Crippen LogP contribution in [0.25, 0.3) is 12.2 Å². The van der Waals surface area contributed by atoms with Crippen LogP contribution < -0.4 is 0 Å². The van der Waals surface area contributed by atoms with Crippen molar-refractivity contribution >= 4 is 12.2 Å². The molecule has 20 heavy (non-hydrogen) atoms. The van der Waals surface area contributed by atoms with Crippen LogP contribution in [0.15, 0.2) is 60.7 Å². The number of fused-ring (bicyclic) bond motifs is 2. The van der Waals surface area contributed by atoms with Gasteiger partial charge in [-0.1, -0.05) is 86.7 Å². The summed E-state index contributed by atoms with van der Waals surface area (Å²) in [6.45, 7) is 4.00. The molecule has 0 N–H and O–H groups in total. The molecular weight excluding hydrogens is 240 g/mol. The van der Waals surface area contributed by atoms with Gasteiger partial charge in [0.2, 0.25) is 0 Å². The molecule has 2 aromatic rings. The summed E-state index contributed by atoms with van der Waals surface area (Å²) >= 11 is 0. The number of benzene rings is 2. The molecule has 104 valence electrons. The van der Waals surface area contributed by atoms with Crippen molar-refractivity contribution in [2.75, 3.05) is 0 Å². The largest absolute Gasteiger partial charge is 0.0795 e. The lowest BCUT2D eigenvalue weighted by Crippen LogP contribution is -1.76. The van der Waals surface area contributed by atoms with Crippen molar-refractivity contribution in [2.45, 2.75) is 26.7 Å². The molecule has 0 heterocycles. The SMILES string of the molecule is C1=Cc2ccccc2C1.C1=Cc2ccccc2C1.CC.[HH]. The van der Waals surface area contributed by atoms with Crippen molar-refractivity contribution < 1.29 is 1.43 Å². The van der Waals surface area contributed by atoms with Gasteiger partial charge < -0.3 is 0 Å². The first kappa shape index (κ1) is 14.3. The first-order chi connectivity index (χ1) is 9.93. The molecule has 2 aliphatic rings. The van der Waals surface area contributed by atoms with Gasteiger partial charge in [0.25, 0.3) is 0 Å². The Labute approximate surface area is 124 Å². The van der Waals surface area contributed by atoms with Gasteiger partial charge in [-0.3, -0.25) is 0 Å². The average molecular weight is 264 g/mol. The van der Waals surface area contributed by atoms with Crippen LogP contribution in [-0.4, -0.2) is 0 Å². The van der Waals surface area contributed by atoms with Crippen LogP contribution in [0.1, 0.15) is 37.5 Å². The molecule has 0 saturated carbocycles. The third-order valence-corrected chi connectivity index (χ3v) is 3.38. The summed E-state index contributed by atoms with van der Waals surface area (Å²) in [6.07, 6.45) is 11.0. The Kier molecular flexibility index (Phi) is 5.37. The summed E-state index contributed by atoms with van der Waals surface area (Å²) < 4.78 is 0. The maximum absolute atomic E-state index is 2.20. The van der Waals surface area contributed by atoms with Gasteiger partial charge in [-0.05, 0) is 35.1 Å². The van der Waals surface area contributed by atoms with Gasteiger partial charge in [0, 0.05) is 1.43 Å². The highest BCUT2D eigenvalue weighted by Gasteiger charge is 2.00. The maximum atomic E-state index is 2.20. The topological polar surface area (TPSA) is 0 Å². The molecule has 0 spiro atoms. The molecule has 0 radical (unpaired) electrons. The smallest absolute Gasteiger partial charge is 0 e. The highest BCUT2D eigenvalue weighted by Crippen LogP contribution is 2.18. The van der Waals surface area contributed by atoms with Crippen molar-refractivity contribution in [3.63, 3.8) is 0 Å². The molecule has 2 aromatic carbocycles. The minimum atomic E-state index is 0. The van der Waals surface area contributed by atoms with E-state index >= 15 is 0 Å². The molecule has 0 unspecified atom stereocenters. The number of rotatable bonds is 0. The average Bonchev–Trinajstić information content (AvgIpc) is 3.18. The highest BCUT2D eigenvalue weighted by atomic mass is 14.1. The van der Waals surface area contributed by atoms with E-state index in [1.54, 1.807) is 0 Å². The van der Waals surface area contributed by atoms with E-state index < -0.39 is 0 Å². The molecule has 0 amide bonds. The van der Waals surface area contributed by atoms with E-state index in [0.717, 1.165) is 12.8 Å². The number of hydrogen-bond donors (Lipinski definition) is 0. The predicted molar refractivity (Wildman–Crippen MR) is 91.8 cm³/mol. The molecule has 0 aliphatic heterocycles. The third kappa shape index (κ3) is 3.48. The van der Waals surface area contributed by atoms with Crippen LogP contribution in [0.5, 0.6) is 0 Å². The highest BCUT2D eigenvalue weighted by molar-refractivity contribution is 5.60. The van der Waals surface area contributed by atoms with Gasteiger partial charge >= 0.3 is 0 Å². The number of hydrogen-bond acceptors (Lipinski definition) is 0. The van der Waals surface area contributed by atoms with E-state index in [4.69, 9.17) is 0 Å². The summed E-state index contributed by atoms with van der Waals surface area (Å²) in [7, 11) is 0. The lowest BCUT2D eigenvalue weighted by atomic mass is 10.1. The molecule has 0 bridgehead atoms. The van der Waals surface area contributed by atoms with Crippen LogP contribution >= 0.6 is 0 Å². The van der Waals surface area contributed by atoms with Gasteiger partial charge in [0.1, 0.15) is 0 Å². The summed E-state index contributed by atoms with van der Waals surface area (Å²) in [5, 5.41) is 0. The predicted octanol–water partition coefficient (Wildman–Crippen LogP) is 5.78. The van der Waals surface area contributed by atoms with Gasteiger partial charge in [0.15, 0.2) is 0 Å². The second-order valence-electron chi connectivity index (χ2n) is 4.61. The monoisotopic (exact) mass is 264 g/mol. The van der Waals surface area contributed by atoms with Crippen LogP contribution in [0, 0.1) is 0 Å². The molecule has 0 atom stereocenters. The molecule has 0 aromatic heterocycles. The summed E-state index contributed by atoms with van der Waals surface area (Å²) in [6, 6.07) is 17.0. The molecule has 4 rings (SSSR count). The van der Waals surface area contributed by atoms with Crippen molar-refractivity contribution in [1.29, 1.82) is 0 Å². The second-order valence-corrected chi connectivity index (χ2v) is 4.61. The van der Waals surface area contributed by atoms with Crippen LogP contribution in [0.4, 0.5) is 0 Å². The Balaban J connectivity index is 0.000000181. The Hall–Kier alpha value is -2.08. The first-order valence-corrected chi connectivity index (χ1v) is 7.42. The van der Waals surface area contributed by atoms with E-state index in [0.29, 0.717) is 0 Å². The standard InChI is InChI=1S/2C9H8.C2H6.H2/c2*1-2-5-9-7-3-6-8(9)4-1;1-2;/h2*1-6H,7H2;1-2H3;1H. The first-order valence-electron chi connectivity index (χ1n) is 7.42. The zero-order chi connectivity index (χ0) is 14.2. The Morgan fingerprint density at radius 2 is 1.05 bits per heavy atom. The third-order valence-electron chi connectivity index (χ3n) is 3.38. The van der Waals surface area contributed by atoms with Crippen molar-refractivity contribution in [2.24, 2.45) is 0 Å². The molecule has 0 fully saturated rings. The molecule has 0 nitrogen and oxygen atoms in total. The Bertz CT molecular complexity index is 553. The normalized spacial score (nSPS) is 12.7. The summed E-state index contributed by atoms with van der Waals surface area (Å²) in [4.78, 5) is 0. The number of allylic oxidation sites excluding steroid dienone is 2. The Morgan fingerprint density at radius 3 is 1.45 bits per heavy atom. The van der Waals surface area contributed by atoms with Gasteiger partial charge in [-0.25, -0.2) is 0 Å². The van der Waals surface area contributed by atoms with Crippen molar-refractivity contribution in [3.8, 4) is 0 Å². The fraction of sp³-hybridized carbons (Fsp3) is 0.200. The second kappa shape index (κ2) is 7.49. The van der Waals surface area contributed by atoms with Crippen LogP contribution in [0.2, 0.25) is 0 Å². The van der Waals surface area contributed by atoms with E-state index in [1.165, 1.54) is 22.3 Å². The fourth-order valence-corrected chi connectivity index (χ4v) is 2.39. The Morgan fingerprint density at radius 1 is 0.650 bits per heavy atom. The minimum absolute atomic E-state index is 0. The van der Waals surface area contributed by atoms with Crippen molar-refractivity contribution in [1.82, 2.24) is 0 Å². The molecule has 0 heteroatoms. The minimum Gasteiger partial charge on any atom is -0.0795 e. The summed E-state index contributed by atoms with van der Waals surface area (Å²) in [5.41, 5.74) is 5.69. The summed E-state index contributed by atoms with van der Waals surface area (Å²) in [5.74, 6) is 0. The van der Waals surface area contributed by atoms with Gasteiger partial charge in [-0.2, -0.15) is 0 Å². The van der Waals surface area contributed by atoms with Crippen LogP contribution in [-0.2, 0) is 12.8 Å².